The highest BCUT2D eigenvalue weighted by Crippen LogP contribution is 2.27. The second-order valence-corrected chi connectivity index (χ2v) is 4.23. The fraction of sp³-hybridized carbons (Fsp3) is 0.385. The molecule has 0 spiro atoms. The van der Waals surface area contributed by atoms with Crippen molar-refractivity contribution in [3.05, 3.63) is 28.3 Å². The molecule has 0 radical (unpaired) electrons. The average Bonchev–Trinajstić information content (AvgIpc) is 2.20. The zero-order valence-corrected chi connectivity index (χ0v) is 10.5. The molecule has 0 aliphatic carbocycles. The maximum atomic E-state index is 11.1. The number of hydrogen-bond donors (Lipinski definition) is 2. The van der Waals surface area contributed by atoms with E-state index < -0.39 is 5.97 Å². The number of hydrogen-bond acceptors (Lipinski definition) is 2. The van der Waals surface area contributed by atoms with Crippen LogP contribution in [0.1, 0.15) is 29.2 Å². The van der Waals surface area contributed by atoms with Crippen LogP contribution in [0.2, 0.25) is 0 Å². The smallest absolute Gasteiger partial charge is 0.307 e. The first-order valence-corrected chi connectivity index (χ1v) is 5.42. The quantitative estimate of drug-likeness (QED) is 0.844. The largest absolute Gasteiger partial charge is 0.481 e. The molecule has 1 amide bonds. The van der Waals surface area contributed by atoms with Gasteiger partial charge in [0.05, 0.1) is 6.42 Å². The first kappa shape index (κ1) is 13.2. The van der Waals surface area contributed by atoms with Crippen molar-refractivity contribution in [2.24, 2.45) is 0 Å². The number of amides is 1. The summed E-state index contributed by atoms with van der Waals surface area (Å²) in [7, 11) is 0. The molecule has 0 fully saturated rings. The Hall–Kier alpha value is -1.84. The lowest BCUT2D eigenvalue weighted by molar-refractivity contribution is -0.136. The minimum atomic E-state index is -0.848. The maximum absolute atomic E-state index is 11.1. The molecule has 1 aromatic carbocycles. The number of carbonyl (C=O) groups is 2. The Morgan fingerprint density at radius 2 is 1.82 bits per heavy atom. The van der Waals surface area contributed by atoms with Crippen LogP contribution in [-0.4, -0.2) is 17.0 Å². The summed E-state index contributed by atoms with van der Waals surface area (Å²) in [4.78, 5) is 21.8. The van der Waals surface area contributed by atoms with Crippen LogP contribution in [0.4, 0.5) is 5.69 Å². The van der Waals surface area contributed by atoms with Crippen LogP contribution in [-0.2, 0) is 16.0 Å². The van der Waals surface area contributed by atoms with Gasteiger partial charge in [-0.25, -0.2) is 0 Å². The maximum Gasteiger partial charge on any atom is 0.307 e. The van der Waals surface area contributed by atoms with Gasteiger partial charge >= 0.3 is 5.97 Å². The van der Waals surface area contributed by atoms with Gasteiger partial charge in [-0.3, -0.25) is 9.59 Å². The number of carbonyl (C=O) groups excluding carboxylic acids is 1. The summed E-state index contributed by atoms with van der Waals surface area (Å²) >= 11 is 0. The van der Waals surface area contributed by atoms with Gasteiger partial charge in [-0.1, -0.05) is 6.07 Å². The summed E-state index contributed by atoms with van der Waals surface area (Å²) < 4.78 is 0. The number of aliphatic carboxylic acids is 1. The fourth-order valence-corrected chi connectivity index (χ4v) is 1.88. The summed E-state index contributed by atoms with van der Waals surface area (Å²) in [6.07, 6.45) is 0.00780. The van der Waals surface area contributed by atoms with Crippen molar-refractivity contribution in [2.45, 2.75) is 34.1 Å². The SMILES string of the molecule is CC(=O)Nc1c(C)cc(CC(=O)O)c(C)c1C. The fourth-order valence-electron chi connectivity index (χ4n) is 1.88. The Labute approximate surface area is 101 Å². The third kappa shape index (κ3) is 3.06. The first-order chi connectivity index (χ1) is 7.82. The van der Waals surface area contributed by atoms with E-state index in [0.717, 1.165) is 27.9 Å². The zero-order chi connectivity index (χ0) is 13.2. The van der Waals surface area contributed by atoms with E-state index in [9.17, 15) is 9.59 Å². The highest BCUT2D eigenvalue weighted by molar-refractivity contribution is 5.91. The van der Waals surface area contributed by atoms with Gasteiger partial charge in [0, 0.05) is 12.6 Å². The van der Waals surface area contributed by atoms with E-state index in [-0.39, 0.29) is 12.3 Å². The summed E-state index contributed by atoms with van der Waals surface area (Å²) in [6.45, 7) is 7.08. The van der Waals surface area contributed by atoms with Crippen molar-refractivity contribution < 1.29 is 14.7 Å². The molecule has 0 bridgehead atoms. The highest BCUT2D eigenvalue weighted by atomic mass is 16.4. The van der Waals surface area contributed by atoms with Crippen molar-refractivity contribution in [3.8, 4) is 0 Å². The summed E-state index contributed by atoms with van der Waals surface area (Å²) in [5, 5.41) is 11.6. The van der Waals surface area contributed by atoms with Gasteiger partial charge in [0.15, 0.2) is 0 Å². The summed E-state index contributed by atoms with van der Waals surface area (Å²) in [5.41, 5.74) is 4.31. The third-order valence-corrected chi connectivity index (χ3v) is 2.85. The molecule has 0 saturated carbocycles. The second-order valence-electron chi connectivity index (χ2n) is 4.23. The number of anilines is 1. The molecule has 0 heterocycles. The third-order valence-electron chi connectivity index (χ3n) is 2.85. The summed E-state index contributed by atoms with van der Waals surface area (Å²) in [5.74, 6) is -0.972. The van der Waals surface area contributed by atoms with E-state index in [2.05, 4.69) is 5.32 Å². The molecule has 1 rings (SSSR count). The van der Waals surface area contributed by atoms with Crippen LogP contribution in [0.5, 0.6) is 0 Å². The molecular weight excluding hydrogens is 218 g/mol. The Morgan fingerprint density at radius 3 is 2.29 bits per heavy atom. The monoisotopic (exact) mass is 235 g/mol. The van der Waals surface area contributed by atoms with E-state index in [1.54, 1.807) is 0 Å². The highest BCUT2D eigenvalue weighted by Gasteiger charge is 2.12. The van der Waals surface area contributed by atoms with Gasteiger partial charge in [-0.15, -0.1) is 0 Å². The number of carboxylic acids is 1. The number of carboxylic acid groups (broad SMARTS) is 1. The van der Waals surface area contributed by atoms with Crippen molar-refractivity contribution in [3.63, 3.8) is 0 Å². The van der Waals surface area contributed by atoms with Gasteiger partial charge in [-0.2, -0.15) is 0 Å². The predicted molar refractivity (Wildman–Crippen MR) is 66.3 cm³/mol. The molecule has 0 aliphatic rings. The molecule has 17 heavy (non-hydrogen) atoms. The van der Waals surface area contributed by atoms with Crippen LogP contribution in [0.3, 0.4) is 0 Å². The standard InChI is InChI=1S/C13H17NO3/c1-7-5-11(6-12(16)17)8(2)9(3)13(7)14-10(4)15/h5H,6H2,1-4H3,(H,14,15)(H,16,17). The van der Waals surface area contributed by atoms with Gasteiger partial charge in [0.2, 0.25) is 5.91 Å². The molecule has 2 N–H and O–H groups in total. The first-order valence-electron chi connectivity index (χ1n) is 5.42. The van der Waals surface area contributed by atoms with Crippen LogP contribution < -0.4 is 5.32 Å². The molecular formula is C13H17NO3. The second kappa shape index (κ2) is 4.99. The van der Waals surface area contributed by atoms with Gasteiger partial charge in [-0.05, 0) is 43.0 Å². The molecule has 1 aromatic rings. The molecule has 4 heteroatoms. The number of aryl methyl sites for hydroxylation is 1. The number of rotatable bonds is 3. The minimum Gasteiger partial charge on any atom is -0.481 e. The van der Waals surface area contributed by atoms with Gasteiger partial charge in [0.25, 0.3) is 0 Å². The average molecular weight is 235 g/mol. The van der Waals surface area contributed by atoms with Gasteiger partial charge < -0.3 is 10.4 Å². The molecule has 0 aliphatic heterocycles. The topological polar surface area (TPSA) is 66.4 Å². The molecule has 0 atom stereocenters. The zero-order valence-electron chi connectivity index (χ0n) is 10.5. The Bertz CT molecular complexity index is 478. The Balaban J connectivity index is 3.25. The molecule has 0 aromatic heterocycles. The lowest BCUT2D eigenvalue weighted by Crippen LogP contribution is -2.11. The Kier molecular flexibility index (Phi) is 3.89. The van der Waals surface area contributed by atoms with Crippen molar-refractivity contribution in [1.82, 2.24) is 0 Å². The van der Waals surface area contributed by atoms with Crippen molar-refractivity contribution in [1.29, 1.82) is 0 Å². The van der Waals surface area contributed by atoms with Crippen LogP contribution in [0, 0.1) is 20.8 Å². The Morgan fingerprint density at radius 1 is 1.24 bits per heavy atom. The molecule has 0 saturated heterocycles. The van der Waals surface area contributed by atoms with E-state index >= 15 is 0 Å². The predicted octanol–water partition coefficient (Wildman–Crippen LogP) is 2.20. The van der Waals surface area contributed by atoms with Crippen LogP contribution >= 0.6 is 0 Å². The van der Waals surface area contributed by atoms with Crippen molar-refractivity contribution in [2.75, 3.05) is 5.32 Å². The van der Waals surface area contributed by atoms with E-state index in [4.69, 9.17) is 5.11 Å². The van der Waals surface area contributed by atoms with E-state index in [0.29, 0.717) is 0 Å². The van der Waals surface area contributed by atoms with E-state index in [1.165, 1.54) is 6.92 Å². The molecule has 92 valence electrons. The van der Waals surface area contributed by atoms with Crippen LogP contribution in [0.15, 0.2) is 6.07 Å². The lowest BCUT2D eigenvalue weighted by Gasteiger charge is -2.16. The lowest BCUT2D eigenvalue weighted by atomic mass is 9.95. The normalized spacial score (nSPS) is 10.1. The molecule has 0 unspecified atom stereocenters. The van der Waals surface area contributed by atoms with Crippen molar-refractivity contribution >= 4 is 17.6 Å². The molecule has 4 nitrogen and oxygen atoms in total. The van der Waals surface area contributed by atoms with Gasteiger partial charge in [0.1, 0.15) is 0 Å². The van der Waals surface area contributed by atoms with Crippen LogP contribution in [0.25, 0.3) is 0 Å². The summed E-state index contributed by atoms with van der Waals surface area (Å²) in [6, 6.07) is 1.82. The van der Waals surface area contributed by atoms with E-state index in [1.807, 2.05) is 26.8 Å². The number of nitrogens with one attached hydrogen (secondary N) is 1. The minimum absolute atomic E-state index is 0.00780. The number of benzene rings is 1.